The number of piperidine rings is 1. The zero-order valence-electron chi connectivity index (χ0n) is 21.9. The van der Waals surface area contributed by atoms with Gasteiger partial charge in [0.05, 0.1) is 25.5 Å². The Bertz CT molecular complexity index is 1160. The first kappa shape index (κ1) is 32.1. The molecular weight excluding hydrogens is 529 g/mol. The van der Waals surface area contributed by atoms with Crippen LogP contribution in [0.25, 0.3) is 0 Å². The van der Waals surface area contributed by atoms with Gasteiger partial charge in [-0.15, -0.1) is 0 Å². The number of aliphatic hydroxyl groups is 2. The van der Waals surface area contributed by atoms with Crippen LogP contribution in [0.1, 0.15) is 42.9 Å². The van der Waals surface area contributed by atoms with Gasteiger partial charge in [0.15, 0.2) is 5.60 Å². The highest BCUT2D eigenvalue weighted by molar-refractivity contribution is 5.88. The number of benzene rings is 2. The molecule has 1 fully saturated rings. The molecule has 12 nitrogen and oxygen atoms in total. The molecule has 0 unspecified atom stereocenters. The van der Waals surface area contributed by atoms with Crippen LogP contribution in [0.3, 0.4) is 0 Å². The molecule has 1 saturated heterocycles. The van der Waals surface area contributed by atoms with Crippen molar-refractivity contribution in [2.75, 3.05) is 25.1 Å². The highest BCUT2D eigenvalue weighted by Gasteiger charge is 2.40. The van der Waals surface area contributed by atoms with E-state index in [1.807, 2.05) is 36.2 Å². The summed E-state index contributed by atoms with van der Waals surface area (Å²) in [6.07, 6.45) is -1.18. The molecule has 0 spiro atoms. The number of nitrogens with zero attached hydrogens (tertiary/aromatic N) is 1. The Balaban J connectivity index is 0.000000366. The van der Waals surface area contributed by atoms with E-state index in [0.717, 1.165) is 11.3 Å². The fourth-order valence-corrected chi connectivity index (χ4v) is 4.15. The monoisotopic (exact) mass is 563 g/mol. The number of nitrogens with one attached hydrogen (secondary N) is 2. The topological polar surface area (TPSA) is 197 Å². The fourth-order valence-electron chi connectivity index (χ4n) is 4.15. The van der Waals surface area contributed by atoms with Crippen LogP contribution < -0.4 is 15.5 Å². The van der Waals surface area contributed by atoms with E-state index in [-0.39, 0.29) is 30.4 Å². The van der Waals surface area contributed by atoms with Crippen LogP contribution in [0.15, 0.2) is 48.5 Å². The molecule has 7 N–H and O–H groups in total. The van der Waals surface area contributed by atoms with Gasteiger partial charge in [-0.1, -0.05) is 30.3 Å². The summed E-state index contributed by atoms with van der Waals surface area (Å²) in [5.74, 6) is -5.36. The largest absolute Gasteiger partial charge is 0.481 e. The summed E-state index contributed by atoms with van der Waals surface area (Å²) in [5.41, 5.74) is -0.0659. The van der Waals surface area contributed by atoms with Crippen molar-refractivity contribution in [1.82, 2.24) is 10.6 Å². The third-order valence-electron chi connectivity index (χ3n) is 6.31. The molecule has 2 aromatic rings. The lowest BCUT2D eigenvalue weighted by atomic mass is 9.91. The second kappa shape index (κ2) is 14.9. The molecule has 1 amide bonds. The maximum Gasteiger partial charge on any atom is 0.336 e. The third-order valence-corrected chi connectivity index (χ3v) is 6.31. The smallest absolute Gasteiger partial charge is 0.336 e. The molecule has 2 atom stereocenters. The van der Waals surface area contributed by atoms with E-state index < -0.39 is 36.4 Å². The molecular formula is C27H34FN3O9. The SMILES string of the molecule is CN(CCO)c1ccc(CN[C@@H]2CCC(=O)N[C@H]2c2ccccc2F)cc1.O=C(O)CC(O)(CC(=O)O)C(=O)O. The maximum absolute atomic E-state index is 14.2. The second-order valence-corrected chi connectivity index (χ2v) is 9.38. The van der Waals surface area contributed by atoms with Gasteiger partial charge >= 0.3 is 17.9 Å². The highest BCUT2D eigenvalue weighted by atomic mass is 19.1. The highest BCUT2D eigenvalue weighted by Crippen LogP contribution is 2.26. The van der Waals surface area contributed by atoms with Gasteiger partial charge in [-0.05, 0) is 30.2 Å². The van der Waals surface area contributed by atoms with E-state index in [4.69, 9.17) is 25.5 Å². The van der Waals surface area contributed by atoms with E-state index in [1.54, 1.807) is 18.2 Å². The summed E-state index contributed by atoms with van der Waals surface area (Å²) < 4.78 is 14.2. The first-order chi connectivity index (χ1) is 18.9. The van der Waals surface area contributed by atoms with Crippen molar-refractivity contribution >= 4 is 29.5 Å². The molecule has 0 aromatic heterocycles. The Labute approximate surface area is 230 Å². The molecule has 2 aromatic carbocycles. The predicted molar refractivity (Wildman–Crippen MR) is 141 cm³/mol. The van der Waals surface area contributed by atoms with Crippen LogP contribution in [0, 0.1) is 5.82 Å². The number of carboxylic acids is 3. The molecule has 1 heterocycles. The van der Waals surface area contributed by atoms with Gasteiger partial charge < -0.3 is 41.1 Å². The van der Waals surface area contributed by atoms with Crippen molar-refractivity contribution in [2.45, 2.75) is 49.9 Å². The molecule has 1 aliphatic heterocycles. The molecule has 0 radical (unpaired) electrons. The van der Waals surface area contributed by atoms with Crippen LogP contribution in [-0.4, -0.2) is 81.2 Å². The normalized spacial score (nSPS) is 16.8. The van der Waals surface area contributed by atoms with E-state index in [2.05, 4.69) is 10.6 Å². The van der Waals surface area contributed by atoms with Gasteiger partial charge in [0.1, 0.15) is 5.82 Å². The number of carbonyl (C=O) groups is 4. The lowest BCUT2D eigenvalue weighted by Gasteiger charge is -2.33. The van der Waals surface area contributed by atoms with Crippen molar-refractivity contribution in [3.63, 3.8) is 0 Å². The van der Waals surface area contributed by atoms with Crippen LogP contribution in [-0.2, 0) is 25.7 Å². The number of halogens is 1. The number of rotatable bonds is 12. The van der Waals surface area contributed by atoms with Crippen molar-refractivity contribution in [2.24, 2.45) is 0 Å². The predicted octanol–water partition coefficient (Wildman–Crippen LogP) is 1.12. The number of hydrogen-bond acceptors (Lipinski definition) is 8. The van der Waals surface area contributed by atoms with Gasteiger partial charge in [0.25, 0.3) is 0 Å². The number of carboxylic acid groups (broad SMARTS) is 3. The van der Waals surface area contributed by atoms with Crippen LogP contribution in [0.5, 0.6) is 0 Å². The van der Waals surface area contributed by atoms with E-state index >= 15 is 0 Å². The maximum atomic E-state index is 14.2. The van der Waals surface area contributed by atoms with Gasteiger partial charge in [-0.2, -0.15) is 0 Å². The average molecular weight is 564 g/mol. The van der Waals surface area contributed by atoms with Crippen LogP contribution in [0.4, 0.5) is 10.1 Å². The fraction of sp³-hybridized carbons (Fsp3) is 0.407. The van der Waals surface area contributed by atoms with Crippen LogP contribution >= 0.6 is 0 Å². The minimum atomic E-state index is -2.74. The molecule has 0 aliphatic carbocycles. The number of anilines is 1. The first-order valence-corrected chi connectivity index (χ1v) is 12.4. The Hall–Kier alpha value is -4.07. The van der Waals surface area contributed by atoms with E-state index in [0.29, 0.717) is 31.5 Å². The standard InChI is InChI=1S/C21H26FN3O2.C6H8O7/c1-25(12-13-26)16-8-6-15(7-9-16)14-23-19-10-11-20(27)24-21(19)17-4-2-3-5-18(17)22;7-3(8)1-6(13,5(11)12)2-4(9)10/h2-9,19,21,23,26H,10-14H2,1H3,(H,24,27);13H,1-2H2,(H,7,8)(H,9,10)(H,11,12)/t19-,21+;/m1./s1. The van der Waals surface area contributed by atoms with Crippen molar-refractivity contribution in [3.05, 3.63) is 65.5 Å². The minimum absolute atomic E-state index is 0.0312. The quantitative estimate of drug-likeness (QED) is 0.195. The van der Waals surface area contributed by atoms with Gasteiger partial charge in [-0.25, -0.2) is 9.18 Å². The Morgan fingerprint density at radius 2 is 1.65 bits per heavy atom. The van der Waals surface area contributed by atoms with Gasteiger partial charge in [-0.3, -0.25) is 14.4 Å². The third kappa shape index (κ3) is 9.59. The summed E-state index contributed by atoms with van der Waals surface area (Å²) in [5, 5.41) is 49.2. The van der Waals surface area contributed by atoms with Gasteiger partial charge in [0, 0.05) is 43.9 Å². The lowest BCUT2D eigenvalue weighted by Crippen LogP contribution is -2.48. The van der Waals surface area contributed by atoms with Gasteiger partial charge in [0.2, 0.25) is 5.91 Å². The molecule has 3 rings (SSSR count). The Kier molecular flexibility index (Phi) is 12.0. The minimum Gasteiger partial charge on any atom is -0.481 e. The van der Waals surface area contributed by atoms with Crippen molar-refractivity contribution in [3.8, 4) is 0 Å². The zero-order valence-corrected chi connectivity index (χ0v) is 21.9. The number of carbonyl (C=O) groups excluding carboxylic acids is 1. The van der Waals surface area contributed by atoms with Crippen molar-refractivity contribution in [1.29, 1.82) is 0 Å². The Morgan fingerprint density at radius 3 is 2.17 bits per heavy atom. The number of hydrogen-bond donors (Lipinski definition) is 7. The molecule has 40 heavy (non-hydrogen) atoms. The molecule has 0 bridgehead atoms. The molecule has 0 saturated carbocycles. The Morgan fingerprint density at radius 1 is 1.05 bits per heavy atom. The average Bonchev–Trinajstić information content (AvgIpc) is 2.88. The first-order valence-electron chi connectivity index (χ1n) is 12.4. The summed E-state index contributed by atoms with van der Waals surface area (Å²) >= 11 is 0. The zero-order chi connectivity index (χ0) is 29.9. The second-order valence-electron chi connectivity index (χ2n) is 9.38. The number of aliphatic carboxylic acids is 3. The van der Waals surface area contributed by atoms with E-state index in [9.17, 15) is 23.6 Å². The molecule has 13 heteroatoms. The molecule has 218 valence electrons. The molecule has 1 aliphatic rings. The van der Waals surface area contributed by atoms with Crippen molar-refractivity contribution < 1.29 is 49.1 Å². The number of likely N-dealkylation sites (N-methyl/N-ethyl adjacent to an activating group) is 1. The number of aliphatic hydroxyl groups excluding tert-OH is 1. The number of amides is 1. The van der Waals surface area contributed by atoms with E-state index in [1.165, 1.54) is 6.07 Å². The summed E-state index contributed by atoms with van der Waals surface area (Å²) in [7, 11) is 1.94. The summed E-state index contributed by atoms with van der Waals surface area (Å²) in [6.45, 7) is 1.34. The summed E-state index contributed by atoms with van der Waals surface area (Å²) in [6, 6.07) is 14.3. The lowest BCUT2D eigenvalue weighted by molar-refractivity contribution is -0.170. The van der Waals surface area contributed by atoms with Crippen LogP contribution in [0.2, 0.25) is 0 Å². The summed E-state index contributed by atoms with van der Waals surface area (Å²) in [4.78, 5) is 44.3.